The average molecular weight is 380 g/mol. The van der Waals surface area contributed by atoms with Crippen molar-refractivity contribution in [3.05, 3.63) is 69.8 Å². The van der Waals surface area contributed by atoms with Gasteiger partial charge in [-0.3, -0.25) is 20.0 Å². The van der Waals surface area contributed by atoms with Crippen LogP contribution in [0.5, 0.6) is 5.75 Å². The van der Waals surface area contributed by atoms with Crippen LogP contribution in [0.4, 0.5) is 23.0 Å². The van der Waals surface area contributed by atoms with Crippen molar-refractivity contribution in [1.29, 1.82) is 0 Å². The highest BCUT2D eigenvalue weighted by atomic mass is 16.6. The highest BCUT2D eigenvalue weighted by molar-refractivity contribution is 6.03. The van der Waals surface area contributed by atoms with E-state index in [1.54, 1.807) is 19.2 Å². The molecule has 0 atom stereocenters. The van der Waals surface area contributed by atoms with Gasteiger partial charge in [-0.1, -0.05) is 12.1 Å². The number of aromatic nitrogens is 2. The van der Waals surface area contributed by atoms with Crippen LogP contribution < -0.4 is 15.8 Å². The Morgan fingerprint density at radius 2 is 2.00 bits per heavy atom. The van der Waals surface area contributed by atoms with Crippen LogP contribution in [-0.2, 0) is 0 Å². The SMILES string of the molecule is COc1ccccc1/C=N/c1[nH]nc(Nc2ccc([N+](=O)[O-])cc2)c1C(N)=O. The third-order valence-corrected chi connectivity index (χ3v) is 3.81. The van der Waals surface area contributed by atoms with Crippen molar-refractivity contribution in [2.75, 3.05) is 12.4 Å². The minimum absolute atomic E-state index is 0.0511. The number of nitrogens with one attached hydrogen (secondary N) is 2. The van der Waals surface area contributed by atoms with Crippen molar-refractivity contribution >= 4 is 35.1 Å². The van der Waals surface area contributed by atoms with Crippen LogP contribution in [0.3, 0.4) is 0 Å². The number of aromatic amines is 1. The number of para-hydroxylation sites is 1. The van der Waals surface area contributed by atoms with Gasteiger partial charge in [0.2, 0.25) is 0 Å². The van der Waals surface area contributed by atoms with Gasteiger partial charge in [-0.15, -0.1) is 0 Å². The van der Waals surface area contributed by atoms with Gasteiger partial charge in [0.25, 0.3) is 11.6 Å². The van der Waals surface area contributed by atoms with Crippen LogP contribution in [0.2, 0.25) is 0 Å². The molecule has 28 heavy (non-hydrogen) atoms. The Morgan fingerprint density at radius 1 is 1.29 bits per heavy atom. The fourth-order valence-electron chi connectivity index (χ4n) is 2.46. The van der Waals surface area contributed by atoms with Gasteiger partial charge in [-0.25, -0.2) is 4.99 Å². The van der Waals surface area contributed by atoms with E-state index in [9.17, 15) is 14.9 Å². The minimum Gasteiger partial charge on any atom is -0.496 e. The first kappa shape index (κ1) is 18.6. The van der Waals surface area contributed by atoms with Crippen LogP contribution in [0, 0.1) is 10.1 Å². The van der Waals surface area contributed by atoms with Crippen molar-refractivity contribution < 1.29 is 14.5 Å². The first-order chi connectivity index (χ1) is 13.5. The van der Waals surface area contributed by atoms with Crippen molar-refractivity contribution in [1.82, 2.24) is 10.2 Å². The standard InChI is InChI=1S/C18H16N6O4/c1-28-14-5-3-2-4-11(14)10-20-17-15(16(19)25)18(23-22-17)21-12-6-8-13(9-7-12)24(26)27/h2-10H,1H3,(H2,19,25)(H2,21,22,23)/b20-10+. The number of non-ortho nitro benzene ring substituents is 1. The number of nitrogens with zero attached hydrogens (tertiary/aromatic N) is 3. The highest BCUT2D eigenvalue weighted by Crippen LogP contribution is 2.27. The molecule has 0 radical (unpaired) electrons. The van der Waals surface area contributed by atoms with Crippen molar-refractivity contribution in [2.24, 2.45) is 10.7 Å². The van der Waals surface area contributed by atoms with Gasteiger partial charge >= 0.3 is 0 Å². The van der Waals surface area contributed by atoms with Crippen LogP contribution in [0.25, 0.3) is 0 Å². The molecule has 0 unspecified atom stereocenters. The molecule has 10 heteroatoms. The molecule has 1 amide bonds. The van der Waals surface area contributed by atoms with E-state index in [0.717, 1.165) is 0 Å². The first-order valence-corrected chi connectivity index (χ1v) is 8.06. The van der Waals surface area contributed by atoms with E-state index >= 15 is 0 Å². The average Bonchev–Trinajstić information content (AvgIpc) is 3.09. The van der Waals surface area contributed by atoms with E-state index < -0.39 is 10.8 Å². The summed E-state index contributed by atoms with van der Waals surface area (Å²) in [6, 6.07) is 12.9. The van der Waals surface area contributed by atoms with Crippen LogP contribution >= 0.6 is 0 Å². The summed E-state index contributed by atoms with van der Waals surface area (Å²) in [7, 11) is 1.55. The van der Waals surface area contributed by atoms with Crippen molar-refractivity contribution in [3.8, 4) is 5.75 Å². The predicted molar refractivity (Wildman–Crippen MR) is 104 cm³/mol. The molecule has 0 saturated heterocycles. The Balaban J connectivity index is 1.88. The second-order valence-corrected chi connectivity index (χ2v) is 5.59. The molecular formula is C18H16N6O4. The van der Waals surface area contributed by atoms with Crippen molar-refractivity contribution in [3.63, 3.8) is 0 Å². The highest BCUT2D eigenvalue weighted by Gasteiger charge is 2.18. The molecule has 10 nitrogen and oxygen atoms in total. The second kappa shape index (κ2) is 7.99. The molecule has 0 saturated carbocycles. The predicted octanol–water partition coefficient (Wildman–Crippen LogP) is 2.92. The first-order valence-electron chi connectivity index (χ1n) is 8.06. The molecule has 0 aliphatic rings. The van der Waals surface area contributed by atoms with E-state index in [4.69, 9.17) is 10.5 Å². The smallest absolute Gasteiger partial charge is 0.269 e. The Labute approximate surface area is 159 Å². The fourth-order valence-corrected chi connectivity index (χ4v) is 2.46. The molecule has 0 bridgehead atoms. The lowest BCUT2D eigenvalue weighted by molar-refractivity contribution is -0.384. The van der Waals surface area contributed by atoms with Gasteiger partial charge in [-0.2, -0.15) is 5.10 Å². The van der Waals surface area contributed by atoms with E-state index in [1.165, 1.54) is 30.5 Å². The molecule has 1 aromatic heterocycles. The van der Waals surface area contributed by atoms with Gasteiger partial charge in [0.1, 0.15) is 11.3 Å². The van der Waals surface area contributed by atoms with Crippen LogP contribution in [-0.4, -0.2) is 34.4 Å². The van der Waals surface area contributed by atoms with Gasteiger partial charge in [0, 0.05) is 29.6 Å². The summed E-state index contributed by atoms with van der Waals surface area (Å²) >= 11 is 0. The number of ether oxygens (including phenoxy) is 1. The van der Waals surface area contributed by atoms with Gasteiger partial charge in [0.15, 0.2) is 11.6 Å². The fraction of sp³-hybridized carbons (Fsp3) is 0.0556. The van der Waals surface area contributed by atoms with E-state index in [1.807, 2.05) is 12.1 Å². The quantitative estimate of drug-likeness (QED) is 0.326. The molecule has 3 rings (SSSR count). The maximum atomic E-state index is 11.9. The molecule has 0 aliphatic carbocycles. The number of anilines is 2. The third-order valence-electron chi connectivity index (χ3n) is 3.81. The summed E-state index contributed by atoms with van der Waals surface area (Å²) in [5.41, 5.74) is 6.69. The van der Waals surface area contributed by atoms with Crippen molar-refractivity contribution in [2.45, 2.75) is 0 Å². The minimum atomic E-state index is -0.731. The normalized spacial score (nSPS) is 10.8. The number of primary amides is 1. The lowest BCUT2D eigenvalue weighted by Crippen LogP contribution is -2.12. The summed E-state index contributed by atoms with van der Waals surface area (Å²) in [6.45, 7) is 0. The Hall–Kier alpha value is -4.21. The van der Waals surface area contributed by atoms with Gasteiger partial charge in [0.05, 0.1) is 12.0 Å². The molecule has 0 spiro atoms. The monoisotopic (exact) mass is 380 g/mol. The zero-order chi connectivity index (χ0) is 20.1. The molecule has 3 aromatic rings. The number of rotatable bonds is 7. The number of hydrogen-bond donors (Lipinski definition) is 3. The summed E-state index contributed by atoms with van der Waals surface area (Å²) in [4.78, 5) is 26.4. The number of nitro groups is 1. The molecule has 1 heterocycles. The molecule has 142 valence electrons. The number of aliphatic imine (C=N–C) groups is 1. The molecule has 4 N–H and O–H groups in total. The van der Waals surface area contributed by atoms with E-state index in [-0.39, 0.29) is 22.9 Å². The van der Waals surface area contributed by atoms with E-state index in [0.29, 0.717) is 17.0 Å². The third kappa shape index (κ3) is 3.96. The zero-order valence-corrected chi connectivity index (χ0v) is 14.7. The molecule has 0 fully saturated rings. The van der Waals surface area contributed by atoms with E-state index in [2.05, 4.69) is 20.5 Å². The number of methoxy groups -OCH3 is 1. The number of carbonyl (C=O) groups is 1. The topological polar surface area (TPSA) is 149 Å². The second-order valence-electron chi connectivity index (χ2n) is 5.59. The summed E-state index contributed by atoms with van der Waals surface area (Å²) < 4.78 is 5.25. The lowest BCUT2D eigenvalue weighted by atomic mass is 10.2. The maximum absolute atomic E-state index is 11.9. The summed E-state index contributed by atoms with van der Waals surface area (Å²) in [5, 5.41) is 20.3. The summed E-state index contributed by atoms with van der Waals surface area (Å²) in [5.74, 6) is 0.220. The van der Waals surface area contributed by atoms with Gasteiger partial charge < -0.3 is 15.8 Å². The van der Waals surface area contributed by atoms with Crippen LogP contribution in [0.1, 0.15) is 15.9 Å². The Morgan fingerprint density at radius 3 is 2.64 bits per heavy atom. The number of carbonyl (C=O) groups excluding carboxylic acids is 1. The Kier molecular flexibility index (Phi) is 5.30. The Bertz CT molecular complexity index is 1040. The number of nitro benzene ring substituents is 1. The van der Waals surface area contributed by atoms with Gasteiger partial charge in [-0.05, 0) is 24.3 Å². The number of hydrogen-bond acceptors (Lipinski definition) is 7. The zero-order valence-electron chi connectivity index (χ0n) is 14.7. The summed E-state index contributed by atoms with van der Waals surface area (Å²) in [6.07, 6.45) is 1.52. The molecule has 2 aromatic carbocycles. The van der Waals surface area contributed by atoms with Crippen LogP contribution in [0.15, 0.2) is 53.5 Å². The number of amides is 1. The molecule has 0 aliphatic heterocycles. The maximum Gasteiger partial charge on any atom is 0.269 e. The largest absolute Gasteiger partial charge is 0.496 e. The number of nitrogens with two attached hydrogens (primary N) is 1. The lowest BCUT2D eigenvalue weighted by Gasteiger charge is -2.04. The number of H-pyrrole nitrogens is 1. The molecular weight excluding hydrogens is 364 g/mol. The number of benzene rings is 2.